The largest absolute Gasteiger partial charge is 0.507 e. The molecule has 2 aromatic rings. The molecule has 0 radical (unpaired) electrons. The second-order valence-corrected chi connectivity index (χ2v) is 3.27. The van der Waals surface area contributed by atoms with Gasteiger partial charge in [0, 0.05) is 0 Å². The summed E-state index contributed by atoms with van der Waals surface area (Å²) in [5, 5.41) is 16.4. The number of nitrogens with zero attached hydrogens (tertiary/aromatic N) is 2. The Hall–Kier alpha value is -1.84. The maximum atomic E-state index is 9.66. The van der Waals surface area contributed by atoms with Crippen LogP contribution in [0, 0.1) is 13.8 Å². The summed E-state index contributed by atoms with van der Waals surface area (Å²) < 4.78 is 0. The molecule has 0 aliphatic carbocycles. The van der Waals surface area contributed by atoms with Crippen LogP contribution < -0.4 is 0 Å². The number of phenols is 1. The predicted molar refractivity (Wildman–Crippen MR) is 53.0 cm³/mol. The summed E-state index contributed by atoms with van der Waals surface area (Å²) in [5.41, 5.74) is 1.67. The van der Waals surface area contributed by atoms with Gasteiger partial charge in [0.05, 0.1) is 5.56 Å². The van der Waals surface area contributed by atoms with E-state index in [9.17, 15) is 5.11 Å². The molecule has 0 spiro atoms. The summed E-state index contributed by atoms with van der Waals surface area (Å²) in [6.07, 6.45) is 0. The molecule has 14 heavy (non-hydrogen) atoms. The molecule has 2 rings (SSSR count). The Balaban J connectivity index is 2.52. The van der Waals surface area contributed by atoms with Crippen LogP contribution in [0.15, 0.2) is 18.2 Å². The minimum Gasteiger partial charge on any atom is -0.507 e. The quantitative estimate of drug-likeness (QED) is 0.719. The van der Waals surface area contributed by atoms with Gasteiger partial charge < -0.3 is 5.11 Å². The predicted octanol–water partition coefficient (Wildman–Crippen LogP) is 1.79. The van der Waals surface area contributed by atoms with Crippen LogP contribution in [0.1, 0.15) is 11.4 Å². The van der Waals surface area contributed by atoms with E-state index >= 15 is 0 Å². The van der Waals surface area contributed by atoms with Crippen molar-refractivity contribution in [2.24, 2.45) is 0 Å². The first-order chi connectivity index (χ1) is 6.66. The minimum atomic E-state index is 0.212. The van der Waals surface area contributed by atoms with Crippen molar-refractivity contribution in [3.05, 3.63) is 29.6 Å². The molecule has 0 saturated carbocycles. The topological polar surface area (TPSA) is 61.8 Å². The number of aromatic hydroxyl groups is 1. The standard InChI is InChI=1S/C10H11N3O/c1-6-3-4-8(9(14)5-6)10-11-7(2)12-13-10/h3-5,14H,1-2H3,(H,11,12,13). The number of phenolic OH excluding ortho intramolecular Hbond substituents is 1. The van der Waals surface area contributed by atoms with Gasteiger partial charge in [0.15, 0.2) is 5.82 Å². The Labute approximate surface area is 81.6 Å². The van der Waals surface area contributed by atoms with Crippen LogP contribution in [0.2, 0.25) is 0 Å². The molecule has 2 N–H and O–H groups in total. The van der Waals surface area contributed by atoms with Crippen molar-refractivity contribution in [3.8, 4) is 17.1 Å². The van der Waals surface area contributed by atoms with Crippen LogP contribution >= 0.6 is 0 Å². The first kappa shape index (κ1) is 8.74. The molecule has 0 atom stereocenters. The highest BCUT2D eigenvalue weighted by molar-refractivity contribution is 5.63. The van der Waals surface area contributed by atoms with Gasteiger partial charge in [0.2, 0.25) is 0 Å². The minimum absolute atomic E-state index is 0.212. The van der Waals surface area contributed by atoms with E-state index < -0.39 is 0 Å². The van der Waals surface area contributed by atoms with Gasteiger partial charge in [-0.1, -0.05) is 6.07 Å². The van der Waals surface area contributed by atoms with Crippen molar-refractivity contribution < 1.29 is 5.11 Å². The van der Waals surface area contributed by atoms with Gasteiger partial charge in [0.1, 0.15) is 11.6 Å². The third-order valence-corrected chi connectivity index (χ3v) is 1.99. The number of rotatable bonds is 1. The fraction of sp³-hybridized carbons (Fsp3) is 0.200. The van der Waals surface area contributed by atoms with E-state index in [1.807, 2.05) is 26.0 Å². The zero-order valence-electron chi connectivity index (χ0n) is 8.07. The number of nitrogens with one attached hydrogen (secondary N) is 1. The van der Waals surface area contributed by atoms with Crippen molar-refractivity contribution in [1.82, 2.24) is 15.2 Å². The van der Waals surface area contributed by atoms with Crippen molar-refractivity contribution in [3.63, 3.8) is 0 Å². The highest BCUT2D eigenvalue weighted by Gasteiger charge is 2.08. The van der Waals surface area contributed by atoms with Crippen molar-refractivity contribution >= 4 is 0 Å². The molecule has 0 amide bonds. The maximum Gasteiger partial charge on any atom is 0.184 e. The van der Waals surface area contributed by atoms with Crippen LogP contribution in [0.4, 0.5) is 0 Å². The van der Waals surface area contributed by atoms with Crippen LogP contribution in [0.3, 0.4) is 0 Å². The molecule has 1 aromatic carbocycles. The van der Waals surface area contributed by atoms with E-state index in [4.69, 9.17) is 0 Å². The third-order valence-electron chi connectivity index (χ3n) is 1.99. The summed E-state index contributed by atoms with van der Waals surface area (Å²) in [6, 6.07) is 5.43. The van der Waals surface area contributed by atoms with Crippen LogP contribution in [0.25, 0.3) is 11.4 Å². The van der Waals surface area contributed by atoms with Gasteiger partial charge in [-0.25, -0.2) is 4.98 Å². The van der Waals surface area contributed by atoms with Gasteiger partial charge >= 0.3 is 0 Å². The Morgan fingerprint density at radius 2 is 2.07 bits per heavy atom. The van der Waals surface area contributed by atoms with Crippen LogP contribution in [0.5, 0.6) is 5.75 Å². The lowest BCUT2D eigenvalue weighted by molar-refractivity contribution is 0.476. The summed E-state index contributed by atoms with van der Waals surface area (Å²) in [6.45, 7) is 3.74. The fourth-order valence-corrected chi connectivity index (χ4v) is 1.29. The highest BCUT2D eigenvalue weighted by Crippen LogP contribution is 2.26. The van der Waals surface area contributed by atoms with Crippen molar-refractivity contribution in [2.45, 2.75) is 13.8 Å². The Kier molecular flexibility index (Phi) is 1.96. The molecule has 0 fully saturated rings. The van der Waals surface area contributed by atoms with E-state index in [0.717, 1.165) is 11.4 Å². The van der Waals surface area contributed by atoms with Gasteiger partial charge in [-0.05, 0) is 31.5 Å². The first-order valence-corrected chi connectivity index (χ1v) is 4.36. The number of hydrogen-bond acceptors (Lipinski definition) is 3. The molecule has 4 nitrogen and oxygen atoms in total. The lowest BCUT2D eigenvalue weighted by atomic mass is 10.1. The van der Waals surface area contributed by atoms with Gasteiger partial charge in [0.25, 0.3) is 0 Å². The molecule has 0 bridgehead atoms. The van der Waals surface area contributed by atoms with Gasteiger partial charge in [-0.3, -0.25) is 5.10 Å². The molecule has 1 heterocycles. The average Bonchev–Trinajstić information content (AvgIpc) is 2.51. The molecule has 4 heteroatoms. The maximum absolute atomic E-state index is 9.66. The van der Waals surface area contributed by atoms with E-state index in [1.54, 1.807) is 6.07 Å². The molecular weight excluding hydrogens is 178 g/mol. The first-order valence-electron chi connectivity index (χ1n) is 4.36. The summed E-state index contributed by atoms with van der Waals surface area (Å²) in [7, 11) is 0. The number of hydrogen-bond donors (Lipinski definition) is 2. The normalized spacial score (nSPS) is 10.4. The Bertz CT molecular complexity index is 462. The zero-order chi connectivity index (χ0) is 10.1. The molecule has 0 aliphatic heterocycles. The molecule has 72 valence electrons. The van der Waals surface area contributed by atoms with E-state index in [2.05, 4.69) is 15.2 Å². The van der Waals surface area contributed by atoms with Crippen LogP contribution in [-0.2, 0) is 0 Å². The van der Waals surface area contributed by atoms with E-state index in [0.29, 0.717) is 11.4 Å². The van der Waals surface area contributed by atoms with Crippen molar-refractivity contribution in [1.29, 1.82) is 0 Å². The molecule has 0 saturated heterocycles. The Morgan fingerprint density at radius 1 is 1.29 bits per heavy atom. The number of aryl methyl sites for hydroxylation is 2. The lowest BCUT2D eigenvalue weighted by Crippen LogP contribution is -1.83. The monoisotopic (exact) mass is 189 g/mol. The third kappa shape index (κ3) is 1.46. The summed E-state index contributed by atoms with van der Waals surface area (Å²) >= 11 is 0. The van der Waals surface area contributed by atoms with Gasteiger partial charge in [-0.15, -0.1) is 0 Å². The number of benzene rings is 1. The Morgan fingerprint density at radius 3 is 2.64 bits per heavy atom. The molecule has 0 unspecified atom stereocenters. The average molecular weight is 189 g/mol. The highest BCUT2D eigenvalue weighted by atomic mass is 16.3. The summed E-state index contributed by atoms with van der Waals surface area (Å²) in [5.74, 6) is 1.48. The lowest BCUT2D eigenvalue weighted by Gasteiger charge is -2.00. The fourth-order valence-electron chi connectivity index (χ4n) is 1.29. The molecule has 1 aromatic heterocycles. The van der Waals surface area contributed by atoms with E-state index in [1.165, 1.54) is 0 Å². The van der Waals surface area contributed by atoms with Crippen LogP contribution in [-0.4, -0.2) is 20.3 Å². The zero-order valence-corrected chi connectivity index (χ0v) is 8.07. The van der Waals surface area contributed by atoms with Gasteiger partial charge in [-0.2, -0.15) is 5.10 Å². The van der Waals surface area contributed by atoms with Crippen molar-refractivity contribution in [2.75, 3.05) is 0 Å². The van der Waals surface area contributed by atoms with E-state index in [-0.39, 0.29) is 5.75 Å². The second kappa shape index (κ2) is 3.14. The smallest absolute Gasteiger partial charge is 0.184 e. The second-order valence-electron chi connectivity index (χ2n) is 3.27. The summed E-state index contributed by atoms with van der Waals surface area (Å²) in [4.78, 5) is 4.14. The number of aromatic amines is 1. The molecule has 0 aliphatic rings. The number of H-pyrrole nitrogens is 1. The number of aromatic nitrogens is 3. The SMILES string of the molecule is Cc1ccc(-c2n[nH]c(C)n2)c(O)c1. The molecular formula is C10H11N3O.